The van der Waals surface area contributed by atoms with Crippen LogP contribution < -0.4 is 5.32 Å². The van der Waals surface area contributed by atoms with Gasteiger partial charge in [0, 0.05) is 10.2 Å². The number of anilines is 1. The van der Waals surface area contributed by atoms with Gasteiger partial charge in [-0.2, -0.15) is 48.3 Å². The predicted molar refractivity (Wildman–Crippen MR) is 69.7 cm³/mol. The summed E-state index contributed by atoms with van der Waals surface area (Å²) in [6.45, 7) is 0. The Bertz CT molecular complexity index is 686. The van der Waals surface area contributed by atoms with Crippen LogP contribution in [0.3, 0.4) is 0 Å². The second kappa shape index (κ2) is 7.07. The molecule has 0 aliphatic heterocycles. The number of carbonyl (C=O) groups excluding carboxylic acids is 1. The minimum atomic E-state index is -7.24. The molecule has 1 unspecified atom stereocenters. The Morgan fingerprint density at radius 1 is 0.815 bits per heavy atom. The van der Waals surface area contributed by atoms with E-state index in [4.69, 9.17) is 0 Å². The summed E-state index contributed by atoms with van der Waals surface area (Å²) in [6.07, 6.45) is -20.9. The zero-order valence-electron chi connectivity index (χ0n) is 12.2. The fourth-order valence-electron chi connectivity index (χ4n) is 1.38. The lowest BCUT2D eigenvalue weighted by Gasteiger charge is -2.34. The van der Waals surface area contributed by atoms with Crippen molar-refractivity contribution in [3.05, 3.63) is 28.7 Å². The molecule has 154 valence electrons. The highest BCUT2D eigenvalue weighted by molar-refractivity contribution is 9.10. The van der Waals surface area contributed by atoms with Gasteiger partial charge in [0.2, 0.25) is 0 Å². The molecule has 1 aromatic rings. The van der Waals surface area contributed by atoms with E-state index in [1.165, 1.54) is 0 Å². The Morgan fingerprint density at radius 2 is 1.26 bits per heavy atom. The van der Waals surface area contributed by atoms with Crippen LogP contribution in [0.5, 0.6) is 0 Å². The molecule has 0 radical (unpaired) electrons. The van der Waals surface area contributed by atoms with Crippen molar-refractivity contribution in [2.45, 2.75) is 30.2 Å². The van der Waals surface area contributed by atoms with Gasteiger partial charge >= 0.3 is 30.2 Å². The van der Waals surface area contributed by atoms with Gasteiger partial charge in [-0.05, 0) is 24.3 Å². The Hall–Kier alpha value is -1.64. The van der Waals surface area contributed by atoms with Crippen molar-refractivity contribution in [3.8, 4) is 0 Å². The molecule has 0 aliphatic rings. The van der Waals surface area contributed by atoms with E-state index in [0.29, 0.717) is 4.47 Å². The third kappa shape index (κ3) is 4.62. The van der Waals surface area contributed by atoms with Crippen LogP contribution in [-0.2, 0) is 9.53 Å². The molecule has 1 atom stereocenters. The van der Waals surface area contributed by atoms with Gasteiger partial charge in [0.1, 0.15) is 0 Å². The first kappa shape index (κ1) is 23.4. The topological polar surface area (TPSA) is 38.3 Å². The summed E-state index contributed by atoms with van der Waals surface area (Å²) in [5.74, 6) is -16.6. The highest BCUT2D eigenvalue weighted by Crippen LogP contribution is 2.51. The van der Waals surface area contributed by atoms with Crippen LogP contribution >= 0.6 is 15.9 Å². The Balaban J connectivity index is 3.27. The van der Waals surface area contributed by atoms with E-state index in [0.717, 1.165) is 29.6 Å². The molecule has 0 saturated carbocycles. The monoisotopic (exact) mass is 483 g/mol. The van der Waals surface area contributed by atoms with Crippen molar-refractivity contribution in [2.75, 3.05) is 5.32 Å². The molecular formula is C12H5BrF11NO2. The van der Waals surface area contributed by atoms with Gasteiger partial charge in [-0.1, -0.05) is 15.9 Å². The van der Waals surface area contributed by atoms with Crippen molar-refractivity contribution in [1.82, 2.24) is 0 Å². The second-order valence-corrected chi connectivity index (χ2v) is 5.66. The predicted octanol–water partition coefficient (Wildman–Crippen LogP) is 5.42. The minimum Gasteiger partial charge on any atom is -0.321 e. The molecule has 0 fully saturated rings. The maximum atomic E-state index is 13.9. The fraction of sp³-hybridized carbons (Fsp3) is 0.417. The van der Waals surface area contributed by atoms with Crippen LogP contribution in [0.1, 0.15) is 0 Å². The van der Waals surface area contributed by atoms with E-state index in [1.54, 1.807) is 0 Å². The van der Waals surface area contributed by atoms with Gasteiger partial charge in [0.25, 0.3) is 5.91 Å². The molecule has 27 heavy (non-hydrogen) atoms. The molecule has 15 heteroatoms. The highest BCUT2D eigenvalue weighted by atomic mass is 79.9. The number of nitrogens with one attached hydrogen (secondary N) is 1. The number of rotatable bonds is 5. The summed E-state index contributed by atoms with van der Waals surface area (Å²) < 4.78 is 142. The molecule has 1 rings (SSSR count). The second-order valence-electron chi connectivity index (χ2n) is 4.75. The van der Waals surface area contributed by atoms with Crippen LogP contribution in [0.25, 0.3) is 0 Å². The molecule has 0 spiro atoms. The summed E-state index contributed by atoms with van der Waals surface area (Å²) >= 11 is 2.88. The largest absolute Gasteiger partial charge is 0.462 e. The normalized spacial score (nSPS) is 16.0. The third-order valence-electron chi connectivity index (χ3n) is 2.75. The van der Waals surface area contributed by atoms with E-state index in [9.17, 15) is 53.1 Å². The molecule has 1 N–H and O–H groups in total. The van der Waals surface area contributed by atoms with Gasteiger partial charge < -0.3 is 5.32 Å². The number of ether oxygens (including phenoxy) is 1. The Morgan fingerprint density at radius 3 is 1.63 bits per heavy atom. The number of hydrogen-bond acceptors (Lipinski definition) is 2. The quantitative estimate of drug-likeness (QED) is 0.568. The Labute approximate surface area is 150 Å². The number of amides is 1. The zero-order chi connectivity index (χ0) is 21.5. The van der Waals surface area contributed by atoms with Gasteiger partial charge in [0.05, 0.1) is 0 Å². The summed E-state index contributed by atoms with van der Waals surface area (Å²) in [5.41, 5.74) is -0.635. The van der Waals surface area contributed by atoms with Crippen molar-refractivity contribution in [2.24, 2.45) is 0 Å². The number of benzene rings is 1. The standard InChI is InChI=1S/C12H5BrF11NO2/c13-5-1-3-6(4-2-5)25-7(26)8(14,10(17,18)19)27-12(23,24)9(15,16)11(20,21)22/h1-4H,(H,25,26). The lowest BCUT2D eigenvalue weighted by molar-refractivity contribution is -0.472. The number of alkyl halides is 11. The molecule has 0 saturated heterocycles. The van der Waals surface area contributed by atoms with Crippen LogP contribution in [0.4, 0.5) is 54.0 Å². The summed E-state index contributed by atoms with van der Waals surface area (Å²) in [6, 6.07) is 3.86. The molecule has 0 aromatic heterocycles. The Kier molecular flexibility index (Phi) is 6.13. The van der Waals surface area contributed by atoms with E-state index in [2.05, 4.69) is 20.7 Å². The first-order valence-electron chi connectivity index (χ1n) is 6.20. The third-order valence-corrected chi connectivity index (χ3v) is 3.28. The van der Waals surface area contributed by atoms with Crippen molar-refractivity contribution >= 4 is 27.5 Å². The number of halogens is 12. The van der Waals surface area contributed by atoms with E-state index in [1.807, 2.05) is 0 Å². The average Bonchev–Trinajstić information content (AvgIpc) is 2.46. The van der Waals surface area contributed by atoms with Gasteiger partial charge in [-0.15, -0.1) is 0 Å². The smallest absolute Gasteiger partial charge is 0.321 e. The van der Waals surface area contributed by atoms with Crippen LogP contribution in [0.2, 0.25) is 0 Å². The lowest BCUT2D eigenvalue weighted by Crippen LogP contribution is -2.62. The molecule has 1 aromatic carbocycles. The van der Waals surface area contributed by atoms with Crippen LogP contribution in [-0.4, -0.2) is 36.1 Å². The lowest BCUT2D eigenvalue weighted by atomic mass is 10.2. The molecule has 3 nitrogen and oxygen atoms in total. The molecular weight excluding hydrogens is 479 g/mol. The van der Waals surface area contributed by atoms with Crippen molar-refractivity contribution in [3.63, 3.8) is 0 Å². The fourth-order valence-corrected chi connectivity index (χ4v) is 1.65. The van der Waals surface area contributed by atoms with Gasteiger partial charge in [0.15, 0.2) is 0 Å². The molecule has 0 heterocycles. The van der Waals surface area contributed by atoms with E-state index in [-0.39, 0.29) is 0 Å². The zero-order valence-corrected chi connectivity index (χ0v) is 13.7. The summed E-state index contributed by atoms with van der Waals surface area (Å²) in [7, 11) is 0. The van der Waals surface area contributed by atoms with Crippen LogP contribution in [0.15, 0.2) is 28.7 Å². The maximum absolute atomic E-state index is 13.9. The molecule has 0 aliphatic carbocycles. The van der Waals surface area contributed by atoms with E-state index >= 15 is 0 Å². The summed E-state index contributed by atoms with van der Waals surface area (Å²) in [4.78, 5) is 11.4. The minimum absolute atomic E-state index is 0.315. The van der Waals surface area contributed by atoms with Gasteiger partial charge in [-0.3, -0.25) is 9.53 Å². The number of hydrogen-bond donors (Lipinski definition) is 1. The summed E-state index contributed by atoms with van der Waals surface area (Å²) in [5, 5.41) is 1.09. The average molecular weight is 484 g/mol. The number of carbonyl (C=O) groups is 1. The van der Waals surface area contributed by atoms with Crippen molar-refractivity contribution < 1.29 is 57.8 Å². The van der Waals surface area contributed by atoms with Gasteiger partial charge in [-0.25, -0.2) is 0 Å². The van der Waals surface area contributed by atoms with Crippen LogP contribution in [0, 0.1) is 0 Å². The highest BCUT2D eigenvalue weighted by Gasteiger charge is 2.79. The SMILES string of the molecule is O=C(Nc1ccc(Br)cc1)C(F)(OC(F)(F)C(F)(F)C(F)(F)F)C(F)(F)F. The first-order valence-corrected chi connectivity index (χ1v) is 6.99. The van der Waals surface area contributed by atoms with E-state index < -0.39 is 41.8 Å². The van der Waals surface area contributed by atoms with Crippen molar-refractivity contribution in [1.29, 1.82) is 0 Å². The maximum Gasteiger partial charge on any atom is 0.462 e. The molecule has 1 amide bonds. The molecule has 0 bridgehead atoms. The first-order chi connectivity index (χ1) is 11.8.